The smallest absolute Gasteiger partial charge is 0.392 e. The first-order valence-corrected chi connectivity index (χ1v) is 9.60. The van der Waals surface area contributed by atoms with Crippen LogP contribution in [0.25, 0.3) is 5.69 Å². The van der Waals surface area contributed by atoms with E-state index in [2.05, 4.69) is 4.98 Å². The lowest BCUT2D eigenvalue weighted by molar-refractivity contribution is -0.395. The topological polar surface area (TPSA) is 115 Å². The van der Waals surface area contributed by atoms with Crippen molar-refractivity contribution in [2.24, 2.45) is 0 Å². The van der Waals surface area contributed by atoms with Crippen molar-refractivity contribution in [2.45, 2.75) is 32.1 Å². The second-order valence-electron chi connectivity index (χ2n) is 6.13. The van der Waals surface area contributed by atoms with Crippen molar-refractivity contribution in [1.82, 2.24) is 9.55 Å². The van der Waals surface area contributed by atoms with Crippen molar-refractivity contribution in [3.63, 3.8) is 0 Å². The second kappa shape index (κ2) is 7.79. The van der Waals surface area contributed by atoms with Gasteiger partial charge in [-0.2, -0.15) is 4.57 Å². The summed E-state index contributed by atoms with van der Waals surface area (Å²) in [6.45, 7) is 5.20. The summed E-state index contributed by atoms with van der Waals surface area (Å²) in [6, 6.07) is 4.51. The zero-order chi connectivity index (χ0) is 19.5. The van der Waals surface area contributed by atoms with Crippen LogP contribution < -0.4 is 0 Å². The van der Waals surface area contributed by atoms with E-state index in [1.165, 1.54) is 29.1 Å². The molecular weight excluding hydrogens is 358 g/mol. The normalized spacial score (nSPS) is 11.4. The maximum atomic E-state index is 12.7. The lowest BCUT2D eigenvalue weighted by atomic mass is 10.1. The van der Waals surface area contributed by atoms with E-state index in [1.54, 1.807) is 13.0 Å². The molecule has 1 N–H and O–H groups in total. The molecule has 8 nitrogen and oxygen atoms in total. The highest BCUT2D eigenvalue weighted by Gasteiger charge is 2.22. The SMILES string of the molecule is CC(C)=C(CO)CCS(=O)(=O)c1ccc(C)c(-n2ccnc2[N+](=O)[O-])c1. The average molecular weight is 379 g/mol. The summed E-state index contributed by atoms with van der Waals surface area (Å²) in [5.74, 6) is -0.530. The van der Waals surface area contributed by atoms with Crippen LogP contribution >= 0.6 is 0 Å². The third-order valence-electron chi connectivity index (χ3n) is 4.15. The molecule has 0 amide bonds. The predicted octanol–water partition coefficient (Wildman–Crippen LogP) is 2.58. The number of aliphatic hydroxyl groups is 1. The maximum Gasteiger partial charge on any atom is 0.439 e. The molecule has 1 heterocycles. The highest BCUT2D eigenvalue weighted by Crippen LogP contribution is 2.24. The van der Waals surface area contributed by atoms with Crippen LogP contribution in [0, 0.1) is 17.0 Å². The molecule has 1 aromatic carbocycles. The molecule has 1 aromatic heterocycles. The van der Waals surface area contributed by atoms with Crippen LogP contribution in [0.5, 0.6) is 0 Å². The van der Waals surface area contributed by atoms with Crippen LogP contribution in [0.15, 0.2) is 46.6 Å². The Bertz CT molecular complexity index is 957. The van der Waals surface area contributed by atoms with Gasteiger partial charge in [0.05, 0.1) is 17.3 Å². The van der Waals surface area contributed by atoms with Gasteiger partial charge in [0.2, 0.25) is 0 Å². The number of hydrogen-bond donors (Lipinski definition) is 1. The Balaban J connectivity index is 2.41. The Morgan fingerprint density at radius 1 is 1.35 bits per heavy atom. The number of aromatic nitrogens is 2. The van der Waals surface area contributed by atoms with Gasteiger partial charge in [-0.25, -0.2) is 8.42 Å². The van der Waals surface area contributed by atoms with Crippen LogP contribution in [0.3, 0.4) is 0 Å². The molecule has 0 unspecified atom stereocenters. The average Bonchev–Trinajstić information content (AvgIpc) is 3.05. The predicted molar refractivity (Wildman–Crippen MR) is 97.1 cm³/mol. The Hall–Kier alpha value is -2.52. The Morgan fingerprint density at radius 2 is 2.04 bits per heavy atom. The number of nitro groups is 1. The van der Waals surface area contributed by atoms with E-state index in [-0.39, 0.29) is 29.6 Å². The molecule has 140 valence electrons. The van der Waals surface area contributed by atoms with E-state index in [9.17, 15) is 23.6 Å². The molecule has 0 saturated heterocycles. The molecule has 0 saturated carbocycles. The number of rotatable bonds is 7. The molecule has 0 aliphatic heterocycles. The van der Waals surface area contributed by atoms with Crippen molar-refractivity contribution in [2.75, 3.05) is 12.4 Å². The Labute approximate surface area is 151 Å². The van der Waals surface area contributed by atoms with E-state index in [1.807, 2.05) is 13.8 Å². The lowest BCUT2D eigenvalue weighted by Gasteiger charge is -2.10. The van der Waals surface area contributed by atoms with Gasteiger partial charge in [0, 0.05) is 0 Å². The van der Waals surface area contributed by atoms with Gasteiger partial charge >= 0.3 is 5.95 Å². The molecule has 0 aliphatic rings. The summed E-state index contributed by atoms with van der Waals surface area (Å²) in [5.41, 5.74) is 2.65. The molecule has 0 spiro atoms. The third kappa shape index (κ3) is 4.17. The van der Waals surface area contributed by atoms with E-state index < -0.39 is 14.8 Å². The first kappa shape index (κ1) is 19.8. The first-order chi connectivity index (χ1) is 12.2. The highest BCUT2D eigenvalue weighted by atomic mass is 32.2. The van der Waals surface area contributed by atoms with E-state index >= 15 is 0 Å². The number of imidazole rings is 1. The molecule has 0 fully saturated rings. The second-order valence-corrected chi connectivity index (χ2v) is 8.24. The van der Waals surface area contributed by atoms with Gasteiger partial charge in [0.15, 0.2) is 9.84 Å². The maximum absolute atomic E-state index is 12.7. The minimum atomic E-state index is -3.61. The number of hydrogen-bond acceptors (Lipinski definition) is 6. The fourth-order valence-corrected chi connectivity index (χ4v) is 3.84. The number of aliphatic hydroxyl groups excluding tert-OH is 1. The van der Waals surface area contributed by atoms with Crippen LogP contribution in [0.1, 0.15) is 25.8 Å². The highest BCUT2D eigenvalue weighted by molar-refractivity contribution is 7.91. The monoisotopic (exact) mass is 379 g/mol. The molecule has 26 heavy (non-hydrogen) atoms. The van der Waals surface area contributed by atoms with Gasteiger partial charge in [-0.1, -0.05) is 16.6 Å². The molecule has 2 aromatic rings. The van der Waals surface area contributed by atoms with Gasteiger partial charge in [-0.05, 0) is 55.4 Å². The van der Waals surface area contributed by atoms with Gasteiger partial charge in [-0.3, -0.25) is 0 Å². The third-order valence-corrected chi connectivity index (χ3v) is 5.87. The number of aryl methyl sites for hydroxylation is 1. The summed E-state index contributed by atoms with van der Waals surface area (Å²) >= 11 is 0. The summed E-state index contributed by atoms with van der Waals surface area (Å²) in [5, 5.41) is 20.4. The van der Waals surface area contributed by atoms with E-state index in [0.29, 0.717) is 16.8 Å². The number of allylic oxidation sites excluding steroid dienone is 1. The van der Waals surface area contributed by atoms with E-state index in [0.717, 1.165) is 5.57 Å². The summed E-state index contributed by atoms with van der Waals surface area (Å²) in [4.78, 5) is 14.2. The number of benzene rings is 1. The zero-order valence-electron chi connectivity index (χ0n) is 14.8. The van der Waals surface area contributed by atoms with Gasteiger partial charge in [-0.15, -0.1) is 0 Å². The van der Waals surface area contributed by atoms with Crippen LogP contribution in [-0.2, 0) is 9.84 Å². The lowest BCUT2D eigenvalue weighted by Crippen LogP contribution is -2.11. The molecular formula is C17H21N3O5S. The van der Waals surface area contributed by atoms with Crippen molar-refractivity contribution in [3.8, 4) is 5.69 Å². The number of sulfone groups is 1. The van der Waals surface area contributed by atoms with Crippen molar-refractivity contribution in [1.29, 1.82) is 0 Å². The number of nitrogens with zero attached hydrogens (tertiary/aromatic N) is 3. The first-order valence-electron chi connectivity index (χ1n) is 7.95. The largest absolute Gasteiger partial charge is 0.439 e. The summed E-state index contributed by atoms with van der Waals surface area (Å²) in [6.07, 6.45) is 2.95. The van der Waals surface area contributed by atoms with Crippen molar-refractivity contribution < 1.29 is 18.4 Å². The Morgan fingerprint density at radius 3 is 2.62 bits per heavy atom. The molecule has 0 aliphatic carbocycles. The standard InChI is InChI=1S/C17H21N3O5S/c1-12(2)14(11-21)6-9-26(24,25)15-5-4-13(3)16(10-15)19-8-7-18-17(19)20(22)23/h4-5,7-8,10,21H,6,9,11H2,1-3H3. The van der Waals surface area contributed by atoms with Crippen LogP contribution in [-0.4, -0.2) is 40.4 Å². The minimum Gasteiger partial charge on any atom is -0.392 e. The van der Waals surface area contributed by atoms with Gasteiger partial charge in [0.25, 0.3) is 0 Å². The molecule has 0 radical (unpaired) electrons. The zero-order valence-corrected chi connectivity index (χ0v) is 15.7. The minimum absolute atomic E-state index is 0.0761. The Kier molecular flexibility index (Phi) is 5.94. The molecule has 0 atom stereocenters. The van der Waals surface area contributed by atoms with Crippen LogP contribution in [0.2, 0.25) is 0 Å². The quantitative estimate of drug-likeness (QED) is 0.449. The van der Waals surface area contributed by atoms with Gasteiger partial charge < -0.3 is 15.2 Å². The van der Waals surface area contributed by atoms with Crippen molar-refractivity contribution in [3.05, 3.63) is 57.4 Å². The van der Waals surface area contributed by atoms with Crippen molar-refractivity contribution >= 4 is 15.8 Å². The molecule has 9 heteroatoms. The fourth-order valence-electron chi connectivity index (χ4n) is 2.52. The molecule has 2 rings (SSSR count). The van der Waals surface area contributed by atoms with E-state index in [4.69, 9.17) is 0 Å². The fraction of sp³-hybridized carbons (Fsp3) is 0.353. The van der Waals surface area contributed by atoms with Crippen LogP contribution in [0.4, 0.5) is 5.95 Å². The summed E-state index contributed by atoms with van der Waals surface area (Å²) in [7, 11) is -3.61. The summed E-state index contributed by atoms with van der Waals surface area (Å²) < 4.78 is 26.6. The molecule has 0 bridgehead atoms. The van der Waals surface area contributed by atoms with Gasteiger partial charge in [0.1, 0.15) is 18.1 Å².